The number of nitro benzene ring substituents is 1. The maximum atomic E-state index is 14.4. The van der Waals surface area contributed by atoms with Gasteiger partial charge in [0.2, 0.25) is 5.43 Å². The quantitative estimate of drug-likeness (QED) is 0.353. The van der Waals surface area contributed by atoms with Gasteiger partial charge in [0, 0.05) is 25.4 Å². The largest absolute Gasteiger partial charge is 0.477 e. The summed E-state index contributed by atoms with van der Waals surface area (Å²) in [6.45, 7) is 0. The van der Waals surface area contributed by atoms with E-state index in [2.05, 4.69) is 5.32 Å². The molecule has 4 N–H and O–H groups in total. The number of rotatable bonds is 4. The normalized spacial score (nSPS) is 10.8. The number of nitrogens with two attached hydrogens (primary N) is 1. The molecule has 0 aliphatic rings. The van der Waals surface area contributed by atoms with Crippen LogP contribution in [0.25, 0.3) is 16.6 Å². The molecule has 1 aromatic heterocycles. The lowest BCUT2D eigenvalue weighted by Gasteiger charge is -2.15. The van der Waals surface area contributed by atoms with Crippen LogP contribution < -0.4 is 16.5 Å². The van der Waals surface area contributed by atoms with Crippen molar-refractivity contribution in [3.63, 3.8) is 0 Å². The Bertz CT molecular complexity index is 1220. The van der Waals surface area contributed by atoms with Crippen molar-refractivity contribution in [1.82, 2.24) is 4.57 Å². The smallest absolute Gasteiger partial charge is 0.341 e. The molecule has 3 aromatic rings. The van der Waals surface area contributed by atoms with Crippen LogP contribution in [0.1, 0.15) is 10.4 Å². The summed E-state index contributed by atoms with van der Waals surface area (Å²) >= 11 is 0. The molecule has 0 saturated carbocycles. The van der Waals surface area contributed by atoms with E-state index >= 15 is 0 Å². The van der Waals surface area contributed by atoms with Crippen molar-refractivity contribution in [1.29, 1.82) is 0 Å². The second kappa shape index (κ2) is 6.61. The van der Waals surface area contributed by atoms with Crippen molar-refractivity contribution >= 4 is 33.9 Å². The molecule has 3 rings (SSSR count). The van der Waals surface area contributed by atoms with Crippen LogP contribution in [0.3, 0.4) is 0 Å². The van der Waals surface area contributed by atoms with Gasteiger partial charge in [-0.2, -0.15) is 0 Å². The van der Waals surface area contributed by atoms with Crippen molar-refractivity contribution in [2.24, 2.45) is 0 Å². The molecule has 144 valence electrons. The number of pyridine rings is 1. The van der Waals surface area contributed by atoms with E-state index in [0.717, 1.165) is 22.9 Å². The van der Waals surface area contributed by atoms with Gasteiger partial charge in [0.05, 0.1) is 27.2 Å². The van der Waals surface area contributed by atoms with E-state index in [1.807, 2.05) is 0 Å². The first-order chi connectivity index (χ1) is 13.1. The lowest BCUT2D eigenvalue weighted by molar-refractivity contribution is -0.383. The van der Waals surface area contributed by atoms with Gasteiger partial charge in [-0.25, -0.2) is 13.6 Å². The Hall–Kier alpha value is -4.02. The number of hydrogen-bond acceptors (Lipinski definition) is 6. The first-order valence-corrected chi connectivity index (χ1v) is 7.69. The topological polar surface area (TPSA) is 140 Å². The highest BCUT2D eigenvalue weighted by Gasteiger charge is 2.22. The highest BCUT2D eigenvalue weighted by atomic mass is 19.1. The van der Waals surface area contributed by atoms with Crippen LogP contribution in [-0.2, 0) is 0 Å². The number of nitrogen functional groups attached to an aromatic ring is 1. The maximum absolute atomic E-state index is 14.4. The lowest BCUT2D eigenvalue weighted by atomic mass is 10.1. The standard InChI is InChI=1S/C17H12F2N4O5/c1-21-12-5-13-7(2-15(12)23(27)28)16(24)8(17(25)26)6-22(13)14-4-11(20)9(18)3-10(14)19/h2-6,21H,20H2,1H3,(H,25,26). The molecule has 0 unspecified atom stereocenters. The van der Waals surface area contributed by atoms with E-state index in [4.69, 9.17) is 5.73 Å². The SMILES string of the molecule is CNc1cc2c(cc1[N+](=O)[O-])c(=O)c(C(=O)O)cn2-c1cc(N)c(F)cc1F. The second-order valence-corrected chi connectivity index (χ2v) is 5.77. The molecule has 0 aliphatic carbocycles. The fraction of sp³-hybridized carbons (Fsp3) is 0.0588. The Morgan fingerprint density at radius 3 is 2.50 bits per heavy atom. The predicted octanol–water partition coefficient (Wildman–Crippen LogP) is 2.50. The molecule has 1 heterocycles. The van der Waals surface area contributed by atoms with Gasteiger partial charge in [-0.15, -0.1) is 0 Å². The molecule has 0 atom stereocenters. The third kappa shape index (κ3) is 2.88. The number of fused-ring (bicyclic) bond motifs is 1. The Balaban J connectivity index is 2.54. The average Bonchev–Trinajstić information content (AvgIpc) is 2.64. The van der Waals surface area contributed by atoms with Crippen molar-refractivity contribution in [2.75, 3.05) is 18.1 Å². The van der Waals surface area contributed by atoms with Crippen LogP contribution in [0.4, 0.5) is 25.8 Å². The summed E-state index contributed by atoms with van der Waals surface area (Å²) in [4.78, 5) is 34.5. The number of aromatic carboxylic acids is 1. The highest BCUT2D eigenvalue weighted by Crippen LogP contribution is 2.31. The van der Waals surface area contributed by atoms with Gasteiger partial charge >= 0.3 is 5.97 Å². The second-order valence-electron chi connectivity index (χ2n) is 5.77. The Kier molecular flexibility index (Phi) is 4.43. The molecule has 11 heteroatoms. The maximum Gasteiger partial charge on any atom is 0.341 e. The van der Waals surface area contributed by atoms with Gasteiger partial charge < -0.3 is 20.7 Å². The number of benzene rings is 2. The number of carbonyl (C=O) groups is 1. The van der Waals surface area contributed by atoms with E-state index in [9.17, 15) is 33.6 Å². The van der Waals surface area contributed by atoms with Crippen LogP contribution in [0.5, 0.6) is 0 Å². The Labute approximate surface area is 154 Å². The van der Waals surface area contributed by atoms with E-state index in [0.29, 0.717) is 6.07 Å². The molecule has 0 saturated heterocycles. The number of nitrogens with zero attached hydrogens (tertiary/aromatic N) is 2. The van der Waals surface area contributed by atoms with Gasteiger partial charge in [0.25, 0.3) is 5.69 Å². The molecular weight excluding hydrogens is 378 g/mol. The minimum atomic E-state index is -1.61. The van der Waals surface area contributed by atoms with Crippen molar-refractivity contribution in [3.05, 3.63) is 68.0 Å². The van der Waals surface area contributed by atoms with Crippen molar-refractivity contribution in [3.8, 4) is 5.69 Å². The van der Waals surface area contributed by atoms with Crippen LogP contribution in [0.15, 0.2) is 35.3 Å². The minimum absolute atomic E-state index is 0.00390. The van der Waals surface area contributed by atoms with E-state index < -0.39 is 44.9 Å². The van der Waals surface area contributed by atoms with Gasteiger partial charge in [0.1, 0.15) is 22.9 Å². The Morgan fingerprint density at radius 1 is 1.25 bits per heavy atom. The number of halogens is 2. The number of anilines is 2. The van der Waals surface area contributed by atoms with Crippen LogP contribution in [0.2, 0.25) is 0 Å². The third-order valence-corrected chi connectivity index (χ3v) is 4.14. The van der Waals surface area contributed by atoms with Gasteiger partial charge in [-0.05, 0) is 12.1 Å². The summed E-state index contributed by atoms with van der Waals surface area (Å²) in [6.07, 6.45) is 0.855. The summed E-state index contributed by atoms with van der Waals surface area (Å²) < 4.78 is 28.9. The molecular formula is C17H12F2N4O5. The summed E-state index contributed by atoms with van der Waals surface area (Å²) in [5.41, 5.74) is 2.51. The molecule has 0 spiro atoms. The predicted molar refractivity (Wildman–Crippen MR) is 97.0 cm³/mol. The highest BCUT2D eigenvalue weighted by molar-refractivity contribution is 5.95. The zero-order valence-corrected chi connectivity index (χ0v) is 14.2. The minimum Gasteiger partial charge on any atom is -0.477 e. The fourth-order valence-corrected chi connectivity index (χ4v) is 2.80. The van der Waals surface area contributed by atoms with Gasteiger partial charge in [-0.1, -0.05) is 0 Å². The van der Waals surface area contributed by atoms with Gasteiger partial charge in [0.15, 0.2) is 0 Å². The molecule has 2 aromatic carbocycles. The fourth-order valence-electron chi connectivity index (χ4n) is 2.80. The van der Waals surface area contributed by atoms with E-state index in [1.54, 1.807) is 0 Å². The zero-order chi connectivity index (χ0) is 20.7. The van der Waals surface area contributed by atoms with Crippen molar-refractivity contribution < 1.29 is 23.6 Å². The van der Waals surface area contributed by atoms with Crippen LogP contribution in [-0.4, -0.2) is 27.6 Å². The molecule has 0 fully saturated rings. The van der Waals surface area contributed by atoms with Crippen molar-refractivity contribution in [2.45, 2.75) is 0 Å². The molecule has 9 nitrogen and oxygen atoms in total. The number of carboxylic acid groups (broad SMARTS) is 1. The van der Waals surface area contributed by atoms with E-state index in [1.165, 1.54) is 13.1 Å². The van der Waals surface area contributed by atoms with E-state index in [-0.39, 0.29) is 22.3 Å². The zero-order valence-electron chi connectivity index (χ0n) is 14.2. The number of nitrogens with one attached hydrogen (secondary N) is 1. The number of nitro groups is 1. The molecule has 0 bridgehead atoms. The third-order valence-electron chi connectivity index (χ3n) is 4.14. The molecule has 0 amide bonds. The molecule has 28 heavy (non-hydrogen) atoms. The summed E-state index contributed by atoms with van der Waals surface area (Å²) in [6, 6.07) is 3.54. The summed E-state index contributed by atoms with van der Waals surface area (Å²) in [7, 11) is 1.40. The van der Waals surface area contributed by atoms with Crippen LogP contribution >= 0.6 is 0 Å². The average molecular weight is 390 g/mol. The molecule has 0 aliphatic heterocycles. The first-order valence-electron chi connectivity index (χ1n) is 7.69. The first kappa shape index (κ1) is 18.8. The van der Waals surface area contributed by atoms with Gasteiger partial charge in [-0.3, -0.25) is 14.9 Å². The number of carboxylic acids is 1. The number of aromatic nitrogens is 1. The number of hydrogen-bond donors (Lipinski definition) is 3. The van der Waals surface area contributed by atoms with Crippen LogP contribution in [0, 0.1) is 21.7 Å². The molecule has 0 radical (unpaired) electrons. The summed E-state index contributed by atoms with van der Waals surface area (Å²) in [5, 5.41) is 22.8. The lowest BCUT2D eigenvalue weighted by Crippen LogP contribution is -2.19. The monoisotopic (exact) mass is 390 g/mol. The summed E-state index contributed by atoms with van der Waals surface area (Å²) in [5.74, 6) is -3.70. The Morgan fingerprint density at radius 2 is 1.93 bits per heavy atom.